The summed E-state index contributed by atoms with van der Waals surface area (Å²) in [6.07, 6.45) is 4.00. The first-order valence-electron chi connectivity index (χ1n) is 10.7. The molecule has 1 heterocycles. The van der Waals surface area contributed by atoms with Gasteiger partial charge in [0.25, 0.3) is 5.56 Å². The van der Waals surface area contributed by atoms with Crippen LogP contribution in [0.25, 0.3) is 10.9 Å². The molecule has 3 rings (SSSR count). The zero-order chi connectivity index (χ0) is 24.0. The molecule has 0 saturated carbocycles. The lowest BCUT2D eigenvalue weighted by atomic mass is 10.2. The van der Waals surface area contributed by atoms with Crippen LogP contribution in [0.2, 0.25) is 0 Å². The van der Waals surface area contributed by atoms with Crippen molar-refractivity contribution in [3.05, 3.63) is 66.2 Å². The van der Waals surface area contributed by atoms with E-state index >= 15 is 0 Å². The van der Waals surface area contributed by atoms with Crippen molar-refractivity contribution >= 4 is 61.6 Å². The molecule has 1 aromatic heterocycles. The lowest BCUT2D eigenvalue weighted by Crippen LogP contribution is -2.22. The van der Waals surface area contributed by atoms with Crippen molar-refractivity contribution in [2.45, 2.75) is 46.1 Å². The molecule has 0 aliphatic carbocycles. The molecule has 0 fully saturated rings. The van der Waals surface area contributed by atoms with Gasteiger partial charge in [0, 0.05) is 10.9 Å². The molecule has 3 aromatic rings. The number of nitrogens with zero attached hydrogens (tertiary/aromatic N) is 3. The van der Waals surface area contributed by atoms with Crippen molar-refractivity contribution in [1.82, 2.24) is 9.66 Å². The second kappa shape index (κ2) is 11.7. The molecule has 0 aliphatic rings. The largest absolute Gasteiger partial charge is 0.481 e. The van der Waals surface area contributed by atoms with Gasteiger partial charge in [0.2, 0.25) is 0 Å². The molecule has 9 heteroatoms. The summed E-state index contributed by atoms with van der Waals surface area (Å²) in [5, 5.41) is 4.98. The number of unbranched alkanes of at least 4 members (excludes halogenated alkanes) is 1. The van der Waals surface area contributed by atoms with Crippen molar-refractivity contribution in [3.63, 3.8) is 0 Å². The Hall–Kier alpha value is -2.27. The maximum absolute atomic E-state index is 13.2. The Bertz CT molecular complexity index is 1240. The van der Waals surface area contributed by atoms with E-state index in [-0.39, 0.29) is 18.3 Å². The summed E-state index contributed by atoms with van der Waals surface area (Å²) >= 11 is 5.55. The molecule has 0 saturated heterocycles. The van der Waals surface area contributed by atoms with Crippen LogP contribution in [0, 0.1) is 3.57 Å². The number of carbonyl (C=O) groups is 1. The zero-order valence-corrected chi connectivity index (χ0v) is 22.4. The molecular formula is C24H25BrIN3O4. The van der Waals surface area contributed by atoms with Crippen LogP contribution in [0.1, 0.15) is 45.0 Å². The summed E-state index contributed by atoms with van der Waals surface area (Å²) in [6.45, 7) is 5.52. The predicted molar refractivity (Wildman–Crippen MR) is 141 cm³/mol. The summed E-state index contributed by atoms with van der Waals surface area (Å²) < 4.78 is 13.7. The molecule has 0 atom stereocenters. The lowest BCUT2D eigenvalue weighted by Gasteiger charge is -2.11. The van der Waals surface area contributed by atoms with Crippen LogP contribution in [0.15, 0.2) is 50.8 Å². The topological polar surface area (TPSA) is 82.8 Å². The van der Waals surface area contributed by atoms with Gasteiger partial charge in [-0.25, -0.2) is 9.78 Å². The predicted octanol–water partition coefficient (Wildman–Crippen LogP) is 5.32. The SMILES string of the molecule is CCCCc1nc2ccc(Br)cc2c(=O)n1N=Cc1ccc(OCC(=O)OC(C)C)c(I)c1. The quantitative estimate of drug-likeness (QED) is 0.183. The zero-order valence-electron chi connectivity index (χ0n) is 18.7. The van der Waals surface area contributed by atoms with E-state index < -0.39 is 5.97 Å². The Morgan fingerprint density at radius 1 is 1.27 bits per heavy atom. The van der Waals surface area contributed by atoms with Crippen molar-refractivity contribution in [2.24, 2.45) is 5.10 Å². The van der Waals surface area contributed by atoms with Gasteiger partial charge in [0.05, 0.1) is 26.8 Å². The third-order valence-corrected chi connectivity index (χ3v) is 5.96. The highest BCUT2D eigenvalue weighted by atomic mass is 127. The van der Waals surface area contributed by atoms with E-state index in [9.17, 15) is 9.59 Å². The van der Waals surface area contributed by atoms with Crippen LogP contribution >= 0.6 is 38.5 Å². The highest BCUT2D eigenvalue weighted by Crippen LogP contribution is 2.22. The Kier molecular flexibility index (Phi) is 9.02. The van der Waals surface area contributed by atoms with E-state index in [1.165, 1.54) is 4.68 Å². The van der Waals surface area contributed by atoms with Crippen LogP contribution in [0.4, 0.5) is 0 Å². The number of esters is 1. The molecule has 0 spiro atoms. The van der Waals surface area contributed by atoms with E-state index in [1.807, 2.05) is 24.3 Å². The molecule has 7 nitrogen and oxygen atoms in total. The number of hydrogen-bond acceptors (Lipinski definition) is 6. The first kappa shape index (κ1) is 25.4. The van der Waals surface area contributed by atoms with E-state index in [4.69, 9.17) is 9.47 Å². The summed E-state index contributed by atoms with van der Waals surface area (Å²) in [6, 6.07) is 10.9. The minimum absolute atomic E-state index is 0.157. The number of aryl methyl sites for hydroxylation is 1. The van der Waals surface area contributed by atoms with Crippen LogP contribution in [0.5, 0.6) is 5.75 Å². The normalized spacial score (nSPS) is 11.5. The number of hydrogen-bond donors (Lipinski definition) is 0. The van der Waals surface area contributed by atoms with Gasteiger partial charge >= 0.3 is 5.97 Å². The molecule has 0 unspecified atom stereocenters. The van der Waals surface area contributed by atoms with Gasteiger partial charge in [0.15, 0.2) is 6.61 Å². The third kappa shape index (κ3) is 6.86. The number of rotatable bonds is 9. The van der Waals surface area contributed by atoms with Gasteiger partial charge in [-0.15, -0.1) is 0 Å². The molecule has 0 N–H and O–H groups in total. The monoisotopic (exact) mass is 625 g/mol. The fourth-order valence-corrected chi connectivity index (χ4v) is 4.14. The highest BCUT2D eigenvalue weighted by molar-refractivity contribution is 14.1. The first-order chi connectivity index (χ1) is 15.8. The number of carbonyl (C=O) groups excluding carboxylic acids is 1. The molecule has 33 heavy (non-hydrogen) atoms. The number of benzene rings is 2. The maximum atomic E-state index is 13.2. The third-order valence-electron chi connectivity index (χ3n) is 4.62. The van der Waals surface area contributed by atoms with Crippen molar-refractivity contribution < 1.29 is 14.3 Å². The van der Waals surface area contributed by atoms with E-state index in [2.05, 4.69) is 55.5 Å². The average molecular weight is 626 g/mol. The Balaban J connectivity index is 1.87. The second-order valence-corrected chi connectivity index (χ2v) is 9.75. The van der Waals surface area contributed by atoms with Gasteiger partial charge < -0.3 is 9.47 Å². The van der Waals surface area contributed by atoms with Crippen LogP contribution in [0.3, 0.4) is 0 Å². The van der Waals surface area contributed by atoms with Crippen molar-refractivity contribution in [1.29, 1.82) is 0 Å². The number of fused-ring (bicyclic) bond motifs is 1. The van der Waals surface area contributed by atoms with Gasteiger partial charge in [0.1, 0.15) is 11.6 Å². The summed E-state index contributed by atoms with van der Waals surface area (Å²) in [5.74, 6) is 0.790. The fourth-order valence-electron chi connectivity index (χ4n) is 3.08. The number of ether oxygens (including phenoxy) is 2. The minimum atomic E-state index is -0.416. The van der Waals surface area contributed by atoms with E-state index in [0.29, 0.717) is 28.9 Å². The van der Waals surface area contributed by atoms with Crippen molar-refractivity contribution in [3.8, 4) is 5.75 Å². The fraction of sp³-hybridized carbons (Fsp3) is 0.333. The molecular weight excluding hydrogens is 601 g/mol. The van der Waals surface area contributed by atoms with Gasteiger partial charge in [-0.05, 0) is 84.8 Å². The highest BCUT2D eigenvalue weighted by Gasteiger charge is 2.12. The van der Waals surface area contributed by atoms with Crippen LogP contribution in [-0.2, 0) is 16.0 Å². The Morgan fingerprint density at radius 3 is 2.76 bits per heavy atom. The number of aromatic nitrogens is 2. The van der Waals surface area contributed by atoms with E-state index in [0.717, 1.165) is 26.4 Å². The maximum Gasteiger partial charge on any atom is 0.344 e. The van der Waals surface area contributed by atoms with Gasteiger partial charge in [-0.3, -0.25) is 4.79 Å². The lowest BCUT2D eigenvalue weighted by molar-refractivity contribution is -0.149. The Labute approximate surface area is 214 Å². The molecule has 0 amide bonds. The van der Waals surface area contributed by atoms with Gasteiger partial charge in [-0.1, -0.05) is 29.3 Å². The molecule has 174 valence electrons. The van der Waals surface area contributed by atoms with Gasteiger partial charge in [-0.2, -0.15) is 9.78 Å². The smallest absolute Gasteiger partial charge is 0.344 e. The summed E-state index contributed by atoms with van der Waals surface area (Å²) in [5.41, 5.74) is 1.24. The summed E-state index contributed by atoms with van der Waals surface area (Å²) in [7, 11) is 0. The average Bonchev–Trinajstić information content (AvgIpc) is 2.76. The second-order valence-electron chi connectivity index (χ2n) is 7.67. The molecule has 0 aliphatic heterocycles. The molecule has 2 aromatic carbocycles. The Morgan fingerprint density at radius 2 is 2.06 bits per heavy atom. The van der Waals surface area contributed by atoms with E-state index in [1.54, 1.807) is 32.2 Å². The molecule has 0 radical (unpaired) electrons. The summed E-state index contributed by atoms with van der Waals surface area (Å²) in [4.78, 5) is 29.5. The van der Waals surface area contributed by atoms with Crippen molar-refractivity contribution in [2.75, 3.05) is 6.61 Å². The first-order valence-corrected chi connectivity index (χ1v) is 12.5. The minimum Gasteiger partial charge on any atom is -0.481 e. The number of halogens is 2. The molecule has 0 bridgehead atoms. The van der Waals surface area contributed by atoms with Crippen LogP contribution in [-0.4, -0.2) is 34.6 Å². The van der Waals surface area contributed by atoms with Crippen LogP contribution < -0.4 is 10.3 Å². The standard InChI is InChI=1S/C24H25BrIN3O4/c1-4-5-6-22-28-20-9-8-17(25)12-18(20)24(31)29(22)27-13-16-7-10-21(19(26)11-16)32-14-23(30)33-15(2)3/h7-13,15H,4-6,14H2,1-3H3.